The van der Waals surface area contributed by atoms with Crippen molar-refractivity contribution in [3.8, 4) is 5.75 Å². The lowest BCUT2D eigenvalue weighted by Crippen LogP contribution is -2.02. The Bertz CT molecular complexity index is 621. The number of rotatable bonds is 1. The van der Waals surface area contributed by atoms with E-state index in [1.165, 1.54) is 12.1 Å². The molecule has 0 aliphatic carbocycles. The van der Waals surface area contributed by atoms with Crippen LogP contribution in [0, 0.1) is 6.92 Å². The maximum absolute atomic E-state index is 11.8. The second-order valence-electron chi connectivity index (χ2n) is 3.65. The molecule has 0 saturated heterocycles. The molecule has 0 saturated carbocycles. The smallest absolute Gasteiger partial charge is 0.193 e. The van der Waals surface area contributed by atoms with Gasteiger partial charge in [-0.25, -0.2) is 0 Å². The van der Waals surface area contributed by atoms with E-state index in [4.69, 9.17) is 4.42 Å². The minimum absolute atomic E-state index is 0.0909. The Morgan fingerprint density at radius 2 is 2.06 bits per heavy atom. The lowest BCUT2D eigenvalue weighted by Gasteiger charge is -2.03. The molecule has 0 atom stereocenters. The fourth-order valence-electron chi connectivity index (χ4n) is 1.74. The second-order valence-corrected chi connectivity index (χ2v) is 3.65. The van der Waals surface area contributed by atoms with Gasteiger partial charge in [0.05, 0.1) is 5.39 Å². The van der Waals surface area contributed by atoms with Gasteiger partial charge in [0.2, 0.25) is 0 Å². The van der Waals surface area contributed by atoms with Crippen molar-refractivity contribution in [2.75, 3.05) is 0 Å². The predicted molar refractivity (Wildman–Crippen MR) is 63.6 cm³/mol. The maximum Gasteiger partial charge on any atom is 0.193 e. The van der Waals surface area contributed by atoms with Crippen LogP contribution in [0.15, 0.2) is 33.5 Å². The second kappa shape index (κ2) is 3.85. The summed E-state index contributed by atoms with van der Waals surface area (Å²) in [5, 5.41) is 9.96. The van der Waals surface area contributed by atoms with Crippen molar-refractivity contribution in [2.24, 2.45) is 0 Å². The number of aryl methyl sites for hydroxylation is 1. The van der Waals surface area contributed by atoms with Crippen LogP contribution in [0.5, 0.6) is 5.75 Å². The van der Waals surface area contributed by atoms with Crippen LogP contribution in [0.4, 0.5) is 0 Å². The summed E-state index contributed by atoms with van der Waals surface area (Å²) >= 11 is 0. The number of allylic oxidation sites excluding steroid dienone is 1. The fraction of sp³-hybridized carbons (Fsp3) is 0.154. The first-order chi connectivity index (χ1) is 7.61. The monoisotopic (exact) mass is 216 g/mol. The SMILES string of the molecule is C/C=C/c1cc(=O)c2c(C)cc(O)cc2o1. The van der Waals surface area contributed by atoms with E-state index in [2.05, 4.69) is 0 Å². The lowest BCUT2D eigenvalue weighted by atomic mass is 10.1. The van der Waals surface area contributed by atoms with E-state index in [-0.39, 0.29) is 11.2 Å². The molecule has 0 bridgehead atoms. The minimum Gasteiger partial charge on any atom is -0.508 e. The van der Waals surface area contributed by atoms with E-state index in [1.54, 1.807) is 25.1 Å². The molecule has 0 spiro atoms. The highest BCUT2D eigenvalue weighted by atomic mass is 16.3. The summed E-state index contributed by atoms with van der Waals surface area (Å²) in [6.45, 7) is 3.62. The molecule has 0 amide bonds. The number of aromatic hydroxyl groups is 1. The number of hydrogen-bond acceptors (Lipinski definition) is 3. The molecule has 82 valence electrons. The Kier molecular flexibility index (Phi) is 2.52. The average molecular weight is 216 g/mol. The van der Waals surface area contributed by atoms with Gasteiger partial charge >= 0.3 is 0 Å². The molecular formula is C13H12O3. The Balaban J connectivity index is 2.87. The quantitative estimate of drug-likeness (QED) is 0.797. The van der Waals surface area contributed by atoms with E-state index in [0.717, 1.165) is 5.56 Å². The van der Waals surface area contributed by atoms with Gasteiger partial charge in [-0.2, -0.15) is 0 Å². The summed E-state index contributed by atoms with van der Waals surface area (Å²) in [5.41, 5.74) is 1.04. The number of phenolic OH excluding ortho intramolecular Hbond substituents is 1. The van der Waals surface area contributed by atoms with E-state index in [0.29, 0.717) is 16.7 Å². The zero-order chi connectivity index (χ0) is 11.7. The van der Waals surface area contributed by atoms with Crippen molar-refractivity contribution >= 4 is 17.0 Å². The molecule has 3 nitrogen and oxygen atoms in total. The number of phenols is 1. The molecule has 1 heterocycles. The third-order valence-corrected chi connectivity index (χ3v) is 2.36. The van der Waals surface area contributed by atoms with Gasteiger partial charge < -0.3 is 9.52 Å². The first kappa shape index (κ1) is 10.5. The van der Waals surface area contributed by atoms with Gasteiger partial charge in [0.15, 0.2) is 5.43 Å². The van der Waals surface area contributed by atoms with Crippen molar-refractivity contribution < 1.29 is 9.52 Å². The molecule has 0 fully saturated rings. The average Bonchev–Trinajstić information content (AvgIpc) is 2.15. The van der Waals surface area contributed by atoms with Gasteiger partial charge in [-0.05, 0) is 31.6 Å². The molecule has 1 aromatic carbocycles. The minimum atomic E-state index is -0.0909. The maximum atomic E-state index is 11.8. The van der Waals surface area contributed by atoms with Crippen molar-refractivity contribution in [3.05, 3.63) is 45.8 Å². The molecular weight excluding hydrogens is 204 g/mol. The van der Waals surface area contributed by atoms with Crippen LogP contribution in [-0.4, -0.2) is 5.11 Å². The zero-order valence-electron chi connectivity index (χ0n) is 9.15. The predicted octanol–water partition coefficient (Wildman–Crippen LogP) is 2.84. The molecule has 0 aliphatic rings. The molecule has 1 aromatic heterocycles. The van der Waals surface area contributed by atoms with Gasteiger partial charge in [0.25, 0.3) is 0 Å². The van der Waals surface area contributed by atoms with E-state index >= 15 is 0 Å². The Morgan fingerprint density at radius 1 is 1.31 bits per heavy atom. The van der Waals surface area contributed by atoms with Crippen molar-refractivity contribution in [2.45, 2.75) is 13.8 Å². The van der Waals surface area contributed by atoms with E-state index in [9.17, 15) is 9.90 Å². The first-order valence-electron chi connectivity index (χ1n) is 5.02. The number of benzene rings is 1. The van der Waals surface area contributed by atoms with Gasteiger partial charge in [-0.1, -0.05) is 6.08 Å². The van der Waals surface area contributed by atoms with E-state index < -0.39 is 0 Å². The molecule has 3 heteroatoms. The summed E-state index contributed by atoms with van der Waals surface area (Å²) in [6, 6.07) is 4.46. The number of fused-ring (bicyclic) bond motifs is 1. The Labute approximate surface area is 92.6 Å². The van der Waals surface area contributed by atoms with Gasteiger partial charge in [0.1, 0.15) is 17.1 Å². The Morgan fingerprint density at radius 3 is 2.75 bits per heavy atom. The molecule has 2 rings (SSSR count). The van der Waals surface area contributed by atoms with Crippen LogP contribution in [-0.2, 0) is 0 Å². The third kappa shape index (κ3) is 1.72. The van der Waals surface area contributed by atoms with Crippen LogP contribution in [0.3, 0.4) is 0 Å². The Hall–Kier alpha value is -2.03. The highest BCUT2D eigenvalue weighted by Crippen LogP contribution is 2.22. The molecule has 1 N–H and O–H groups in total. The highest BCUT2D eigenvalue weighted by Gasteiger charge is 2.07. The summed E-state index contributed by atoms with van der Waals surface area (Å²) in [5.74, 6) is 0.593. The molecule has 16 heavy (non-hydrogen) atoms. The summed E-state index contributed by atoms with van der Waals surface area (Å²) in [6.07, 6.45) is 3.50. The van der Waals surface area contributed by atoms with Crippen LogP contribution < -0.4 is 5.43 Å². The summed E-state index contributed by atoms with van der Waals surface area (Å²) in [7, 11) is 0. The van der Waals surface area contributed by atoms with Gasteiger partial charge in [-0.3, -0.25) is 4.79 Å². The first-order valence-corrected chi connectivity index (χ1v) is 5.02. The molecule has 2 aromatic rings. The largest absolute Gasteiger partial charge is 0.508 e. The van der Waals surface area contributed by atoms with Crippen LogP contribution in [0.25, 0.3) is 17.0 Å². The molecule has 0 radical (unpaired) electrons. The molecule has 0 unspecified atom stereocenters. The third-order valence-electron chi connectivity index (χ3n) is 2.36. The van der Waals surface area contributed by atoms with Crippen LogP contribution in [0.1, 0.15) is 18.2 Å². The van der Waals surface area contributed by atoms with E-state index in [1.807, 2.05) is 6.92 Å². The van der Waals surface area contributed by atoms with Gasteiger partial charge in [-0.15, -0.1) is 0 Å². The van der Waals surface area contributed by atoms with Crippen LogP contribution in [0.2, 0.25) is 0 Å². The van der Waals surface area contributed by atoms with Crippen molar-refractivity contribution in [1.29, 1.82) is 0 Å². The zero-order valence-corrected chi connectivity index (χ0v) is 9.15. The number of hydrogen-bond donors (Lipinski definition) is 1. The lowest BCUT2D eigenvalue weighted by molar-refractivity contribution is 0.473. The summed E-state index contributed by atoms with van der Waals surface area (Å²) in [4.78, 5) is 11.8. The van der Waals surface area contributed by atoms with Crippen molar-refractivity contribution in [3.63, 3.8) is 0 Å². The van der Waals surface area contributed by atoms with Crippen molar-refractivity contribution in [1.82, 2.24) is 0 Å². The fourth-order valence-corrected chi connectivity index (χ4v) is 1.74. The normalized spacial score (nSPS) is 11.4. The standard InChI is InChI=1S/C13H12O3/c1-3-4-10-7-11(15)13-8(2)5-9(14)6-12(13)16-10/h3-7,14H,1-2H3/b4-3+. The van der Waals surface area contributed by atoms with Crippen LogP contribution >= 0.6 is 0 Å². The summed E-state index contributed by atoms with van der Waals surface area (Å²) < 4.78 is 5.50. The molecule has 0 aliphatic heterocycles. The van der Waals surface area contributed by atoms with Gasteiger partial charge in [0, 0.05) is 12.1 Å². The highest BCUT2D eigenvalue weighted by molar-refractivity contribution is 5.82. The topological polar surface area (TPSA) is 50.4 Å².